The molecule has 0 aliphatic carbocycles. The number of hydrogen-bond donors (Lipinski definition) is 1. The molecule has 21 heavy (non-hydrogen) atoms. The summed E-state index contributed by atoms with van der Waals surface area (Å²) in [7, 11) is 2.07. The first-order chi connectivity index (χ1) is 9.89. The van der Waals surface area contributed by atoms with Crippen LogP contribution in [0, 0.1) is 0 Å². The number of carbonyl (C=O) groups is 2. The molecule has 5 nitrogen and oxygen atoms in total. The Balaban J connectivity index is 1.86. The van der Waals surface area contributed by atoms with Gasteiger partial charge < -0.3 is 15.1 Å². The fourth-order valence-corrected chi connectivity index (χ4v) is 2.90. The van der Waals surface area contributed by atoms with E-state index in [9.17, 15) is 9.59 Å². The predicted octanol–water partition coefficient (Wildman–Crippen LogP) is 1.30. The summed E-state index contributed by atoms with van der Waals surface area (Å²) in [5.74, 6) is 0.0442. The summed E-state index contributed by atoms with van der Waals surface area (Å²) in [6.45, 7) is 7.10. The molecule has 0 saturated carbocycles. The number of nitrogens with zero attached hydrogens (tertiary/aromatic N) is 2. The van der Waals surface area contributed by atoms with Crippen molar-refractivity contribution in [3.05, 3.63) is 29.3 Å². The van der Waals surface area contributed by atoms with E-state index in [1.54, 1.807) is 6.07 Å². The number of fused-ring (bicyclic) bond motifs is 1. The van der Waals surface area contributed by atoms with E-state index in [0.717, 1.165) is 37.4 Å². The van der Waals surface area contributed by atoms with Crippen LogP contribution in [0.4, 0.5) is 5.69 Å². The highest BCUT2D eigenvalue weighted by atomic mass is 16.2. The molecule has 0 atom stereocenters. The largest absolute Gasteiger partial charge is 0.336 e. The monoisotopic (exact) mass is 287 g/mol. The first-order valence-electron chi connectivity index (χ1n) is 7.33. The molecule has 0 bridgehead atoms. The maximum absolute atomic E-state index is 12.6. The van der Waals surface area contributed by atoms with E-state index < -0.39 is 5.41 Å². The standard InChI is InChI=1S/C16H21N3O2/c1-16(2)12-10-11(4-5-13(12)17-15(16)21)14(20)19-8-6-18(3)7-9-19/h4-5,10H,6-9H2,1-3H3,(H,17,21). The molecule has 2 aliphatic heterocycles. The lowest BCUT2D eigenvalue weighted by molar-refractivity contribution is -0.119. The van der Waals surface area contributed by atoms with E-state index in [1.165, 1.54) is 0 Å². The fourth-order valence-electron chi connectivity index (χ4n) is 2.90. The molecule has 1 aromatic rings. The Bertz CT molecular complexity index is 602. The van der Waals surface area contributed by atoms with E-state index >= 15 is 0 Å². The Kier molecular flexibility index (Phi) is 3.24. The van der Waals surface area contributed by atoms with Crippen LogP contribution in [0.3, 0.4) is 0 Å². The van der Waals surface area contributed by atoms with Crippen LogP contribution in [-0.4, -0.2) is 54.8 Å². The van der Waals surface area contributed by atoms with Gasteiger partial charge in [0.05, 0.1) is 5.41 Å². The number of likely N-dealkylation sites (N-methyl/N-ethyl adjacent to an activating group) is 1. The topological polar surface area (TPSA) is 52.7 Å². The van der Waals surface area contributed by atoms with E-state index in [1.807, 2.05) is 30.9 Å². The Hall–Kier alpha value is -1.88. The summed E-state index contributed by atoms with van der Waals surface area (Å²) in [6, 6.07) is 5.51. The van der Waals surface area contributed by atoms with Gasteiger partial charge >= 0.3 is 0 Å². The fraction of sp³-hybridized carbons (Fsp3) is 0.500. The molecule has 1 fully saturated rings. The minimum Gasteiger partial charge on any atom is -0.336 e. The van der Waals surface area contributed by atoms with Gasteiger partial charge in [0.2, 0.25) is 5.91 Å². The average molecular weight is 287 g/mol. The number of hydrogen-bond acceptors (Lipinski definition) is 3. The minimum atomic E-state index is -0.576. The van der Waals surface area contributed by atoms with E-state index in [-0.39, 0.29) is 11.8 Å². The molecule has 2 amide bonds. The highest BCUT2D eigenvalue weighted by Gasteiger charge is 2.38. The molecule has 1 N–H and O–H groups in total. The third-order valence-electron chi connectivity index (χ3n) is 4.55. The summed E-state index contributed by atoms with van der Waals surface area (Å²) < 4.78 is 0. The van der Waals surface area contributed by atoms with Crippen LogP contribution in [0.25, 0.3) is 0 Å². The van der Waals surface area contributed by atoms with Crippen molar-refractivity contribution in [3.63, 3.8) is 0 Å². The molecule has 5 heteroatoms. The Morgan fingerprint density at radius 2 is 1.86 bits per heavy atom. The Morgan fingerprint density at radius 1 is 1.19 bits per heavy atom. The van der Waals surface area contributed by atoms with Crippen molar-refractivity contribution in [2.24, 2.45) is 0 Å². The zero-order chi connectivity index (χ0) is 15.2. The molecule has 0 unspecified atom stereocenters. The normalized spacial score (nSPS) is 21.1. The molecule has 2 heterocycles. The quantitative estimate of drug-likeness (QED) is 0.847. The van der Waals surface area contributed by atoms with Crippen LogP contribution in [0.5, 0.6) is 0 Å². The van der Waals surface area contributed by atoms with Gasteiger partial charge in [-0.15, -0.1) is 0 Å². The number of nitrogens with one attached hydrogen (secondary N) is 1. The molecular formula is C16H21N3O2. The summed E-state index contributed by atoms with van der Waals surface area (Å²) in [6.07, 6.45) is 0. The van der Waals surface area contributed by atoms with Crippen molar-refractivity contribution < 1.29 is 9.59 Å². The summed E-state index contributed by atoms with van der Waals surface area (Å²) in [4.78, 5) is 28.7. The Labute approximate surface area is 124 Å². The van der Waals surface area contributed by atoms with Crippen molar-refractivity contribution in [3.8, 4) is 0 Å². The summed E-state index contributed by atoms with van der Waals surface area (Å²) in [5, 5.41) is 2.87. The van der Waals surface area contributed by atoms with E-state index in [2.05, 4.69) is 17.3 Å². The maximum atomic E-state index is 12.6. The van der Waals surface area contributed by atoms with Crippen molar-refractivity contribution in [2.45, 2.75) is 19.3 Å². The van der Waals surface area contributed by atoms with Crippen LogP contribution in [-0.2, 0) is 10.2 Å². The number of anilines is 1. The smallest absolute Gasteiger partial charge is 0.253 e. The van der Waals surface area contributed by atoms with Crippen LogP contribution in [0.1, 0.15) is 29.8 Å². The lowest BCUT2D eigenvalue weighted by Gasteiger charge is -2.32. The molecule has 2 aliphatic rings. The number of carbonyl (C=O) groups excluding carboxylic acids is 2. The molecule has 1 saturated heterocycles. The van der Waals surface area contributed by atoms with Gasteiger partial charge in [0.15, 0.2) is 0 Å². The van der Waals surface area contributed by atoms with Gasteiger partial charge in [0, 0.05) is 37.4 Å². The molecule has 0 radical (unpaired) electrons. The second-order valence-electron chi connectivity index (χ2n) is 6.43. The van der Waals surface area contributed by atoms with Gasteiger partial charge in [-0.25, -0.2) is 0 Å². The van der Waals surface area contributed by atoms with Crippen LogP contribution in [0.15, 0.2) is 18.2 Å². The van der Waals surface area contributed by atoms with Gasteiger partial charge in [-0.3, -0.25) is 9.59 Å². The number of rotatable bonds is 1. The van der Waals surface area contributed by atoms with Gasteiger partial charge in [0.1, 0.15) is 0 Å². The zero-order valence-electron chi connectivity index (χ0n) is 12.8. The molecule has 112 valence electrons. The third-order valence-corrected chi connectivity index (χ3v) is 4.55. The average Bonchev–Trinajstić information content (AvgIpc) is 2.69. The van der Waals surface area contributed by atoms with Crippen molar-refractivity contribution in [2.75, 3.05) is 38.5 Å². The first-order valence-corrected chi connectivity index (χ1v) is 7.33. The van der Waals surface area contributed by atoms with Crippen LogP contribution < -0.4 is 5.32 Å². The first kappa shape index (κ1) is 14.1. The van der Waals surface area contributed by atoms with Crippen molar-refractivity contribution >= 4 is 17.5 Å². The maximum Gasteiger partial charge on any atom is 0.253 e. The molecule has 0 aromatic heterocycles. The summed E-state index contributed by atoms with van der Waals surface area (Å²) in [5.41, 5.74) is 1.82. The molecular weight excluding hydrogens is 266 g/mol. The number of benzene rings is 1. The van der Waals surface area contributed by atoms with Crippen LogP contribution in [0.2, 0.25) is 0 Å². The predicted molar refractivity (Wildman–Crippen MR) is 81.5 cm³/mol. The van der Waals surface area contributed by atoms with Gasteiger partial charge in [-0.1, -0.05) is 0 Å². The molecule has 0 spiro atoms. The van der Waals surface area contributed by atoms with Gasteiger partial charge in [-0.2, -0.15) is 0 Å². The molecule has 3 rings (SSSR count). The highest BCUT2D eigenvalue weighted by Crippen LogP contribution is 2.37. The highest BCUT2D eigenvalue weighted by molar-refractivity contribution is 6.07. The van der Waals surface area contributed by atoms with E-state index in [4.69, 9.17) is 0 Å². The number of amides is 2. The zero-order valence-corrected chi connectivity index (χ0v) is 12.8. The van der Waals surface area contributed by atoms with Crippen molar-refractivity contribution in [1.82, 2.24) is 9.80 Å². The second-order valence-corrected chi connectivity index (χ2v) is 6.43. The lowest BCUT2D eigenvalue weighted by atomic mass is 9.85. The van der Waals surface area contributed by atoms with Gasteiger partial charge in [0.25, 0.3) is 5.91 Å². The van der Waals surface area contributed by atoms with Gasteiger partial charge in [-0.05, 0) is 44.7 Å². The SMILES string of the molecule is CN1CCN(C(=O)c2ccc3c(c2)C(C)(C)C(=O)N3)CC1. The van der Waals surface area contributed by atoms with Crippen molar-refractivity contribution in [1.29, 1.82) is 0 Å². The minimum absolute atomic E-state index is 0.0123. The third kappa shape index (κ3) is 2.31. The van der Waals surface area contributed by atoms with Crippen LogP contribution >= 0.6 is 0 Å². The second kappa shape index (κ2) is 4.84. The lowest BCUT2D eigenvalue weighted by Crippen LogP contribution is -2.47. The summed E-state index contributed by atoms with van der Waals surface area (Å²) >= 11 is 0. The molecule has 1 aromatic carbocycles. The Morgan fingerprint density at radius 3 is 2.52 bits per heavy atom. The number of piperazine rings is 1. The van der Waals surface area contributed by atoms with E-state index in [0.29, 0.717) is 5.56 Å².